The summed E-state index contributed by atoms with van der Waals surface area (Å²) in [6.45, 7) is 6.22. The fourth-order valence-corrected chi connectivity index (χ4v) is 2.36. The zero-order chi connectivity index (χ0) is 11.5. The highest BCUT2D eigenvalue weighted by molar-refractivity contribution is 4.98. The van der Waals surface area contributed by atoms with Crippen molar-refractivity contribution >= 4 is 0 Å². The zero-order valence-electron chi connectivity index (χ0n) is 10.3. The Labute approximate surface area is 97.2 Å². The van der Waals surface area contributed by atoms with Crippen LogP contribution in [0.1, 0.15) is 38.3 Å². The van der Waals surface area contributed by atoms with Crippen LogP contribution >= 0.6 is 0 Å². The van der Waals surface area contributed by atoms with Crippen molar-refractivity contribution in [3.63, 3.8) is 0 Å². The summed E-state index contributed by atoms with van der Waals surface area (Å²) in [6.07, 6.45) is 4.37. The molecule has 0 fully saturated rings. The number of hydrogen-bond acceptors (Lipinski definition) is 3. The van der Waals surface area contributed by atoms with Gasteiger partial charge in [-0.25, -0.2) is 9.67 Å². The topological polar surface area (TPSA) is 56.7 Å². The maximum absolute atomic E-state index is 5.61. The molecule has 1 aromatic rings. The summed E-state index contributed by atoms with van der Waals surface area (Å²) in [5, 5.41) is 4.56. The lowest BCUT2D eigenvalue weighted by Gasteiger charge is -2.21. The lowest BCUT2D eigenvalue weighted by molar-refractivity contribution is 0.347. The predicted molar refractivity (Wildman–Crippen MR) is 64.0 cm³/mol. The van der Waals surface area contributed by atoms with Crippen molar-refractivity contribution in [2.24, 2.45) is 17.6 Å². The van der Waals surface area contributed by atoms with E-state index in [4.69, 9.17) is 5.73 Å². The fraction of sp³-hybridized carbons (Fsp3) is 0.833. The number of hydrogen-bond donors (Lipinski definition) is 1. The van der Waals surface area contributed by atoms with Gasteiger partial charge in [0.15, 0.2) is 5.82 Å². The quantitative estimate of drug-likeness (QED) is 0.837. The Kier molecular flexibility index (Phi) is 3.59. The van der Waals surface area contributed by atoms with Gasteiger partial charge in [0.1, 0.15) is 5.82 Å². The normalized spacial score (nSPS) is 20.1. The van der Waals surface area contributed by atoms with Crippen molar-refractivity contribution in [3.05, 3.63) is 11.6 Å². The summed E-state index contributed by atoms with van der Waals surface area (Å²) in [5.74, 6) is 3.52. The van der Waals surface area contributed by atoms with Gasteiger partial charge >= 0.3 is 0 Å². The van der Waals surface area contributed by atoms with Gasteiger partial charge in [0.25, 0.3) is 0 Å². The second-order valence-electron chi connectivity index (χ2n) is 5.20. The molecular weight excluding hydrogens is 200 g/mol. The summed E-state index contributed by atoms with van der Waals surface area (Å²) < 4.78 is 2.09. The maximum Gasteiger partial charge on any atom is 0.151 e. The summed E-state index contributed by atoms with van der Waals surface area (Å²) in [5.41, 5.74) is 5.61. The van der Waals surface area contributed by atoms with Crippen molar-refractivity contribution in [2.45, 2.75) is 46.1 Å². The van der Waals surface area contributed by atoms with Gasteiger partial charge in [-0.2, -0.15) is 5.10 Å². The monoisotopic (exact) mass is 222 g/mol. The molecule has 0 spiro atoms. The van der Waals surface area contributed by atoms with E-state index in [-0.39, 0.29) is 0 Å². The third-order valence-electron chi connectivity index (χ3n) is 3.18. The van der Waals surface area contributed by atoms with Crippen LogP contribution in [-0.2, 0) is 19.4 Å². The molecule has 90 valence electrons. The molecule has 4 nitrogen and oxygen atoms in total. The standard InChI is InChI=1S/C12H22N4/c1-9(2)7-11-14-12-8-10(3-5-13)4-6-16(12)15-11/h9-10H,3-8,13H2,1-2H3. The molecule has 2 rings (SSSR count). The molecule has 1 atom stereocenters. The zero-order valence-corrected chi connectivity index (χ0v) is 10.3. The van der Waals surface area contributed by atoms with Crippen LogP contribution in [0, 0.1) is 11.8 Å². The lowest BCUT2D eigenvalue weighted by Crippen LogP contribution is -2.22. The minimum Gasteiger partial charge on any atom is -0.330 e. The molecule has 0 radical (unpaired) electrons. The average Bonchev–Trinajstić information content (AvgIpc) is 2.58. The number of rotatable bonds is 4. The Morgan fingerprint density at radius 2 is 2.31 bits per heavy atom. The first-order valence-corrected chi connectivity index (χ1v) is 6.31. The van der Waals surface area contributed by atoms with Gasteiger partial charge in [0.2, 0.25) is 0 Å². The molecule has 0 amide bonds. The highest BCUT2D eigenvalue weighted by Gasteiger charge is 2.21. The minimum absolute atomic E-state index is 0.629. The van der Waals surface area contributed by atoms with Crippen LogP contribution in [0.15, 0.2) is 0 Å². The van der Waals surface area contributed by atoms with Gasteiger partial charge in [-0.15, -0.1) is 0 Å². The second-order valence-corrected chi connectivity index (χ2v) is 5.20. The molecule has 0 aromatic carbocycles. The highest BCUT2D eigenvalue weighted by atomic mass is 15.3. The van der Waals surface area contributed by atoms with Gasteiger partial charge in [-0.05, 0) is 31.2 Å². The van der Waals surface area contributed by atoms with Gasteiger partial charge < -0.3 is 5.73 Å². The molecule has 1 aliphatic heterocycles. The molecule has 2 heterocycles. The first kappa shape index (κ1) is 11.6. The Bertz CT molecular complexity index is 343. The molecule has 0 bridgehead atoms. The highest BCUT2D eigenvalue weighted by Crippen LogP contribution is 2.21. The van der Waals surface area contributed by atoms with E-state index >= 15 is 0 Å². The number of nitrogens with zero attached hydrogens (tertiary/aromatic N) is 3. The molecular formula is C12H22N4. The Morgan fingerprint density at radius 3 is 3.00 bits per heavy atom. The Balaban J connectivity index is 2.04. The number of aromatic nitrogens is 3. The van der Waals surface area contributed by atoms with E-state index in [9.17, 15) is 0 Å². The molecule has 1 aliphatic rings. The van der Waals surface area contributed by atoms with E-state index in [1.54, 1.807) is 0 Å². The summed E-state index contributed by atoms with van der Waals surface area (Å²) in [7, 11) is 0. The SMILES string of the molecule is CC(C)Cc1nc2n(n1)CCC(CCN)C2. The first-order valence-electron chi connectivity index (χ1n) is 6.31. The van der Waals surface area contributed by atoms with Gasteiger partial charge in [0.05, 0.1) is 0 Å². The molecule has 1 unspecified atom stereocenters. The van der Waals surface area contributed by atoms with Crippen molar-refractivity contribution in [1.82, 2.24) is 14.8 Å². The number of nitrogens with two attached hydrogens (primary N) is 1. The average molecular weight is 222 g/mol. The summed E-state index contributed by atoms with van der Waals surface area (Å²) in [6, 6.07) is 0. The van der Waals surface area contributed by atoms with Gasteiger partial charge in [-0.1, -0.05) is 13.8 Å². The van der Waals surface area contributed by atoms with E-state index in [1.165, 1.54) is 12.2 Å². The van der Waals surface area contributed by atoms with Crippen LogP contribution in [-0.4, -0.2) is 21.3 Å². The first-order chi connectivity index (χ1) is 7.69. The van der Waals surface area contributed by atoms with Crippen molar-refractivity contribution < 1.29 is 0 Å². The van der Waals surface area contributed by atoms with Crippen molar-refractivity contribution in [3.8, 4) is 0 Å². The van der Waals surface area contributed by atoms with E-state index in [2.05, 4.69) is 28.6 Å². The van der Waals surface area contributed by atoms with Crippen LogP contribution in [0.4, 0.5) is 0 Å². The van der Waals surface area contributed by atoms with Crippen LogP contribution in [0.5, 0.6) is 0 Å². The van der Waals surface area contributed by atoms with Crippen LogP contribution in [0.3, 0.4) is 0 Å². The van der Waals surface area contributed by atoms with Gasteiger partial charge in [-0.3, -0.25) is 0 Å². The summed E-state index contributed by atoms with van der Waals surface area (Å²) >= 11 is 0. The Morgan fingerprint density at radius 1 is 1.50 bits per heavy atom. The van der Waals surface area contributed by atoms with Crippen molar-refractivity contribution in [1.29, 1.82) is 0 Å². The smallest absolute Gasteiger partial charge is 0.151 e. The van der Waals surface area contributed by atoms with E-state index in [1.807, 2.05) is 0 Å². The predicted octanol–water partition coefficient (Wildman–Crippen LogP) is 1.39. The molecule has 4 heteroatoms. The molecule has 0 saturated heterocycles. The van der Waals surface area contributed by atoms with E-state index in [0.717, 1.165) is 38.2 Å². The molecule has 1 aromatic heterocycles. The number of aryl methyl sites for hydroxylation is 1. The van der Waals surface area contributed by atoms with Crippen molar-refractivity contribution in [2.75, 3.05) is 6.54 Å². The van der Waals surface area contributed by atoms with Crippen LogP contribution in [0.2, 0.25) is 0 Å². The second kappa shape index (κ2) is 4.95. The lowest BCUT2D eigenvalue weighted by atomic mass is 9.95. The Hall–Kier alpha value is -0.900. The van der Waals surface area contributed by atoms with E-state index in [0.29, 0.717) is 11.8 Å². The van der Waals surface area contributed by atoms with Gasteiger partial charge in [0, 0.05) is 19.4 Å². The molecule has 0 aliphatic carbocycles. The third kappa shape index (κ3) is 2.61. The largest absolute Gasteiger partial charge is 0.330 e. The van der Waals surface area contributed by atoms with E-state index < -0.39 is 0 Å². The summed E-state index contributed by atoms with van der Waals surface area (Å²) in [4.78, 5) is 4.63. The molecule has 2 N–H and O–H groups in total. The van der Waals surface area contributed by atoms with Crippen LogP contribution in [0.25, 0.3) is 0 Å². The molecule has 16 heavy (non-hydrogen) atoms. The maximum atomic E-state index is 5.61. The van der Waals surface area contributed by atoms with Crippen LogP contribution < -0.4 is 5.73 Å². The fourth-order valence-electron chi connectivity index (χ4n) is 2.36. The molecule has 0 saturated carbocycles. The third-order valence-corrected chi connectivity index (χ3v) is 3.18. The minimum atomic E-state index is 0.629. The number of fused-ring (bicyclic) bond motifs is 1.